The zero-order valence-corrected chi connectivity index (χ0v) is 14.5. The minimum atomic E-state index is -0.316. The summed E-state index contributed by atoms with van der Waals surface area (Å²) in [4.78, 5) is 24.5. The Balaban J connectivity index is 1.58. The Kier molecular flexibility index (Phi) is 4.78. The van der Waals surface area contributed by atoms with Gasteiger partial charge in [-0.15, -0.1) is 0 Å². The normalized spacial score (nSPS) is 18.8. The maximum Gasteiger partial charge on any atom is 0.228 e. The molecule has 0 aromatic heterocycles. The first-order valence-electron chi connectivity index (χ1n) is 7.58. The molecule has 0 heterocycles. The highest BCUT2D eigenvalue weighted by molar-refractivity contribution is 6.42. The Morgan fingerprint density at radius 3 is 2.29 bits per heavy atom. The van der Waals surface area contributed by atoms with Crippen molar-refractivity contribution in [2.45, 2.75) is 13.3 Å². The van der Waals surface area contributed by atoms with Crippen molar-refractivity contribution in [1.82, 2.24) is 0 Å². The van der Waals surface area contributed by atoms with Crippen LogP contribution in [0.4, 0.5) is 11.4 Å². The summed E-state index contributed by atoms with van der Waals surface area (Å²) in [6.45, 7) is 1.93. The van der Waals surface area contributed by atoms with E-state index in [-0.39, 0.29) is 23.7 Å². The summed E-state index contributed by atoms with van der Waals surface area (Å²) in [5, 5.41) is 6.45. The summed E-state index contributed by atoms with van der Waals surface area (Å²) in [6.07, 6.45) is 0.546. The zero-order valence-electron chi connectivity index (χ0n) is 13.0. The van der Waals surface area contributed by atoms with Gasteiger partial charge >= 0.3 is 0 Å². The van der Waals surface area contributed by atoms with E-state index in [1.807, 2.05) is 31.2 Å². The predicted molar refractivity (Wildman–Crippen MR) is 96.5 cm³/mol. The highest BCUT2D eigenvalue weighted by Gasteiger charge is 2.48. The van der Waals surface area contributed by atoms with E-state index in [1.54, 1.807) is 18.2 Å². The highest BCUT2D eigenvalue weighted by atomic mass is 35.5. The number of aryl methyl sites for hydroxylation is 1. The molecule has 0 aliphatic heterocycles. The molecule has 1 fully saturated rings. The Labute approximate surface area is 150 Å². The van der Waals surface area contributed by atoms with Gasteiger partial charge in [-0.2, -0.15) is 0 Å². The van der Waals surface area contributed by atoms with E-state index in [4.69, 9.17) is 23.2 Å². The monoisotopic (exact) mass is 362 g/mol. The molecule has 2 atom stereocenters. The Morgan fingerprint density at radius 2 is 1.62 bits per heavy atom. The number of amides is 2. The predicted octanol–water partition coefficient (Wildman–Crippen LogP) is 4.52. The number of anilines is 2. The molecular weight excluding hydrogens is 347 g/mol. The second kappa shape index (κ2) is 6.83. The summed E-state index contributed by atoms with van der Waals surface area (Å²) in [5.41, 5.74) is 2.33. The lowest BCUT2D eigenvalue weighted by Crippen LogP contribution is -2.20. The lowest BCUT2D eigenvalue weighted by Gasteiger charge is -2.08. The lowest BCUT2D eigenvalue weighted by atomic mass is 10.2. The molecule has 2 aromatic rings. The van der Waals surface area contributed by atoms with E-state index in [1.165, 1.54) is 0 Å². The van der Waals surface area contributed by atoms with Crippen LogP contribution in [0.1, 0.15) is 12.0 Å². The van der Waals surface area contributed by atoms with E-state index < -0.39 is 0 Å². The van der Waals surface area contributed by atoms with Gasteiger partial charge in [0.05, 0.1) is 21.9 Å². The standard InChI is InChI=1S/C18H16Cl2N2O2/c1-10-4-2-3-5-16(10)22-18(24)13-9-12(13)17(23)21-11-6-7-14(19)15(20)8-11/h2-8,12-13H,9H2,1H3,(H,21,23)(H,22,24). The first-order valence-corrected chi connectivity index (χ1v) is 8.33. The van der Waals surface area contributed by atoms with Crippen molar-refractivity contribution in [2.75, 3.05) is 10.6 Å². The molecule has 4 nitrogen and oxygen atoms in total. The second-order valence-electron chi connectivity index (χ2n) is 5.87. The topological polar surface area (TPSA) is 58.2 Å². The van der Waals surface area contributed by atoms with Gasteiger partial charge in [0.1, 0.15) is 0 Å². The number of halogens is 2. The van der Waals surface area contributed by atoms with Crippen molar-refractivity contribution < 1.29 is 9.59 Å². The van der Waals surface area contributed by atoms with E-state index in [0.29, 0.717) is 22.2 Å². The average molecular weight is 363 g/mol. The van der Waals surface area contributed by atoms with Gasteiger partial charge in [-0.05, 0) is 43.2 Å². The fourth-order valence-electron chi connectivity index (χ4n) is 2.52. The number of carbonyl (C=O) groups excluding carboxylic acids is 2. The molecule has 2 N–H and O–H groups in total. The van der Waals surface area contributed by atoms with E-state index in [0.717, 1.165) is 11.3 Å². The molecule has 0 saturated heterocycles. The van der Waals surface area contributed by atoms with Gasteiger partial charge in [0, 0.05) is 11.4 Å². The molecule has 0 bridgehead atoms. The molecule has 1 aliphatic carbocycles. The third-order valence-corrected chi connectivity index (χ3v) is 4.79. The maximum atomic E-state index is 12.3. The van der Waals surface area contributed by atoms with Gasteiger partial charge in [0.2, 0.25) is 11.8 Å². The van der Waals surface area contributed by atoms with Gasteiger partial charge in [0.25, 0.3) is 0 Å². The molecule has 124 valence electrons. The number of benzene rings is 2. The van der Waals surface area contributed by atoms with Crippen molar-refractivity contribution in [2.24, 2.45) is 11.8 Å². The van der Waals surface area contributed by atoms with Gasteiger partial charge in [0.15, 0.2) is 0 Å². The van der Waals surface area contributed by atoms with Crippen molar-refractivity contribution in [3.8, 4) is 0 Å². The molecule has 0 spiro atoms. The van der Waals surface area contributed by atoms with Crippen LogP contribution in [0.2, 0.25) is 10.0 Å². The molecule has 2 aromatic carbocycles. The summed E-state index contributed by atoms with van der Waals surface area (Å²) >= 11 is 11.8. The van der Waals surface area contributed by atoms with Crippen molar-refractivity contribution in [3.05, 3.63) is 58.1 Å². The van der Waals surface area contributed by atoms with Crippen LogP contribution < -0.4 is 10.6 Å². The third kappa shape index (κ3) is 3.71. The van der Waals surface area contributed by atoms with Crippen LogP contribution in [0.25, 0.3) is 0 Å². The minimum Gasteiger partial charge on any atom is -0.326 e. The SMILES string of the molecule is Cc1ccccc1NC(=O)C1CC1C(=O)Nc1ccc(Cl)c(Cl)c1. The van der Waals surface area contributed by atoms with Crippen molar-refractivity contribution in [3.63, 3.8) is 0 Å². The molecule has 1 saturated carbocycles. The van der Waals surface area contributed by atoms with Crippen LogP contribution >= 0.6 is 23.2 Å². The number of rotatable bonds is 4. The highest BCUT2D eigenvalue weighted by Crippen LogP contribution is 2.40. The van der Waals surface area contributed by atoms with E-state index in [9.17, 15) is 9.59 Å². The van der Waals surface area contributed by atoms with E-state index in [2.05, 4.69) is 10.6 Å². The van der Waals surface area contributed by atoms with Crippen LogP contribution in [0, 0.1) is 18.8 Å². The summed E-state index contributed by atoms with van der Waals surface area (Å²) in [6, 6.07) is 12.4. The van der Waals surface area contributed by atoms with Crippen LogP contribution in [0.5, 0.6) is 0 Å². The maximum absolute atomic E-state index is 12.3. The van der Waals surface area contributed by atoms with Crippen LogP contribution in [-0.2, 0) is 9.59 Å². The average Bonchev–Trinajstić information content (AvgIpc) is 3.34. The van der Waals surface area contributed by atoms with Crippen molar-refractivity contribution in [1.29, 1.82) is 0 Å². The quantitative estimate of drug-likeness (QED) is 0.839. The molecule has 1 aliphatic rings. The Morgan fingerprint density at radius 1 is 0.958 bits per heavy atom. The fourth-order valence-corrected chi connectivity index (χ4v) is 2.82. The Bertz CT molecular complexity index is 807. The number of hydrogen-bond acceptors (Lipinski definition) is 2. The molecule has 3 rings (SSSR count). The molecular formula is C18H16Cl2N2O2. The van der Waals surface area contributed by atoms with Gasteiger partial charge in [-0.25, -0.2) is 0 Å². The van der Waals surface area contributed by atoms with Crippen LogP contribution in [-0.4, -0.2) is 11.8 Å². The molecule has 2 amide bonds. The summed E-state index contributed by atoms with van der Waals surface area (Å²) in [5.74, 6) is -0.923. The van der Waals surface area contributed by atoms with Gasteiger partial charge < -0.3 is 10.6 Å². The molecule has 6 heteroatoms. The lowest BCUT2D eigenvalue weighted by molar-refractivity contribution is -0.122. The number of para-hydroxylation sites is 1. The molecule has 24 heavy (non-hydrogen) atoms. The van der Waals surface area contributed by atoms with Gasteiger partial charge in [-0.1, -0.05) is 41.4 Å². The number of nitrogens with one attached hydrogen (secondary N) is 2. The van der Waals surface area contributed by atoms with Crippen molar-refractivity contribution >= 4 is 46.4 Å². The largest absolute Gasteiger partial charge is 0.326 e. The third-order valence-electron chi connectivity index (χ3n) is 4.05. The van der Waals surface area contributed by atoms with Crippen LogP contribution in [0.15, 0.2) is 42.5 Å². The molecule has 2 unspecified atom stereocenters. The smallest absolute Gasteiger partial charge is 0.228 e. The van der Waals surface area contributed by atoms with Crippen LogP contribution in [0.3, 0.4) is 0 Å². The first-order chi connectivity index (χ1) is 11.5. The second-order valence-corrected chi connectivity index (χ2v) is 6.69. The zero-order chi connectivity index (χ0) is 17.3. The number of hydrogen-bond donors (Lipinski definition) is 2. The summed E-state index contributed by atoms with van der Waals surface area (Å²) < 4.78 is 0. The number of carbonyl (C=O) groups is 2. The summed E-state index contributed by atoms with van der Waals surface area (Å²) in [7, 11) is 0. The Hall–Kier alpha value is -2.04. The van der Waals surface area contributed by atoms with Gasteiger partial charge in [-0.3, -0.25) is 9.59 Å². The van der Waals surface area contributed by atoms with E-state index >= 15 is 0 Å². The molecule has 0 radical (unpaired) electrons. The minimum absolute atomic E-state index is 0.126. The first kappa shape index (κ1) is 16.8. The fraction of sp³-hybridized carbons (Fsp3) is 0.222.